The molecule has 5 amide bonds. The molecule has 4 spiro atoms. The van der Waals surface area contributed by atoms with E-state index in [4.69, 9.17) is 32.9 Å². The van der Waals surface area contributed by atoms with Crippen molar-refractivity contribution in [3.05, 3.63) is 391 Å². The second kappa shape index (κ2) is 35.7. The molecule has 4 saturated carbocycles. The number of aryl methyl sites for hydroxylation is 3. The first-order valence-electron chi connectivity index (χ1n) is 46.3. The number of methoxy groups -OCH3 is 1. The summed E-state index contributed by atoms with van der Waals surface area (Å²) in [6.07, 6.45) is 15.2. The van der Waals surface area contributed by atoms with Crippen molar-refractivity contribution in [2.45, 2.75) is 111 Å². The number of anilines is 5. The summed E-state index contributed by atoms with van der Waals surface area (Å²) in [5.41, 5.74) is 20.7. The molecule has 0 bridgehead atoms. The maximum Gasteiger partial charge on any atom is 0.339 e. The van der Waals surface area contributed by atoms with Crippen LogP contribution in [0, 0.1) is 32.4 Å². The van der Waals surface area contributed by atoms with Crippen LogP contribution < -0.4 is 30.9 Å². The molecule has 11 aromatic carbocycles. The number of fused-ring (bicyclic) bond motifs is 8. The van der Waals surface area contributed by atoms with Gasteiger partial charge in [0.25, 0.3) is 0 Å². The van der Waals surface area contributed by atoms with Gasteiger partial charge in [-0.1, -0.05) is 151 Å². The molecule has 9 aliphatic rings. The Morgan fingerprint density at radius 2 is 0.690 bits per heavy atom. The summed E-state index contributed by atoms with van der Waals surface area (Å²) >= 11 is 13.3. The first-order valence-corrected chi connectivity index (χ1v) is 47.1. The highest BCUT2D eigenvalue weighted by molar-refractivity contribution is 6.34. The second-order valence-corrected chi connectivity index (χ2v) is 38.3. The van der Waals surface area contributed by atoms with Crippen LogP contribution in [-0.4, -0.2) is 107 Å². The number of hydrogen-bond donors (Lipinski definition) is 8. The number of benzene rings is 11. The van der Waals surface area contributed by atoms with E-state index in [9.17, 15) is 63.6 Å². The Labute approximate surface area is 822 Å². The van der Waals surface area contributed by atoms with Crippen molar-refractivity contribution in [1.82, 2.24) is 19.9 Å². The molecule has 15 aromatic rings. The summed E-state index contributed by atoms with van der Waals surface area (Å²) in [6.45, 7) is 6.03. The van der Waals surface area contributed by atoms with Crippen LogP contribution in [0.2, 0.25) is 10.0 Å². The standard InChI is InChI=1S/C29H25ClN2O4.C29H21FN2O4.C29H21FN2O3.C28H20ClN3O3/c1-16-5-6-18(12-20(16)27(34)35)23-15-29(23)22-13-21(24(30)14-25(22)31-28(29)36)17-7-9-19(10-8-17)32-11-3-2-4-26(32)33;1-36-26-7-6-19(12-21(26)27(33)34)23-15-29(23)22-13-20(24(30)14-25(22)32-28(29)35)18-4-2-16(3-5-18)17-8-10-31-11-9-17;1-16-2-3-20(12-21(16)27(33)34)24-15-29(24)23-13-22(25(30)14-26(23)32-28(29)35)19-6-4-17(5-7-19)18-8-10-31-11-9-18;1-15-2-3-19(12-20(15)26(33)34)21-14-28(21)25-23(31-27(28)35)13-22(29)24(32-25)18-6-4-16(5-7-18)17-8-10-30-11-9-17/h5-10,12-14,23H,2-4,11,15H2,1H3,(H,31,36)(H,34,35);2-14,23H,15H2,1H3,(H,32,35)(H,33,34);2-14,24H,15H2,1H3,(H,32,35)(H,33,34);2-13,21H,14H2,1H3,(H,31,35)(H,33,34). The summed E-state index contributed by atoms with van der Waals surface area (Å²) < 4.78 is 35.5. The lowest BCUT2D eigenvalue weighted by atomic mass is 9.88. The fourth-order valence-corrected chi connectivity index (χ4v) is 22.1. The molecule has 4 aromatic heterocycles. The maximum atomic E-state index is 15.2. The van der Waals surface area contributed by atoms with Crippen LogP contribution in [-0.2, 0) is 45.6 Å². The zero-order valence-electron chi connectivity index (χ0n) is 76.7. The Morgan fingerprint density at radius 1 is 0.366 bits per heavy atom. The number of ether oxygens (including phenoxy) is 1. The van der Waals surface area contributed by atoms with Crippen molar-refractivity contribution in [3.8, 4) is 83.8 Å². The highest BCUT2D eigenvalue weighted by atomic mass is 35.5. The van der Waals surface area contributed by atoms with E-state index >= 15 is 8.78 Å². The molecular weight excluding hydrogens is 1840 g/mol. The van der Waals surface area contributed by atoms with Gasteiger partial charge in [-0.3, -0.25) is 38.9 Å². The molecule has 704 valence electrons. The number of aromatic nitrogens is 4. The van der Waals surface area contributed by atoms with Gasteiger partial charge in [-0.2, -0.15) is 0 Å². The van der Waals surface area contributed by atoms with E-state index in [1.54, 1.807) is 137 Å². The molecule has 4 aliphatic carbocycles. The van der Waals surface area contributed by atoms with E-state index in [2.05, 4.69) is 36.2 Å². The summed E-state index contributed by atoms with van der Waals surface area (Å²) in [4.78, 5) is 130. The Hall–Kier alpha value is -16.5. The molecule has 23 nitrogen and oxygen atoms in total. The fourth-order valence-electron chi connectivity index (χ4n) is 21.6. The Kier molecular flexibility index (Phi) is 23.1. The van der Waals surface area contributed by atoms with Gasteiger partial charge in [-0.25, -0.2) is 32.9 Å². The molecule has 1 saturated heterocycles. The second-order valence-electron chi connectivity index (χ2n) is 37.5. The van der Waals surface area contributed by atoms with E-state index in [0.717, 1.165) is 120 Å². The third kappa shape index (κ3) is 16.0. The Morgan fingerprint density at radius 3 is 1.09 bits per heavy atom. The van der Waals surface area contributed by atoms with Crippen molar-refractivity contribution < 1.29 is 77.1 Å². The van der Waals surface area contributed by atoms with Gasteiger partial charge in [0.1, 0.15) is 28.4 Å². The monoisotopic (exact) mass is 1930 g/mol. The number of nitrogens with zero attached hydrogens (tertiary/aromatic N) is 5. The average molecular weight is 1930 g/mol. The van der Waals surface area contributed by atoms with E-state index in [1.165, 1.54) is 19.2 Å². The Bertz CT molecular complexity index is 7630. The lowest BCUT2D eigenvalue weighted by Gasteiger charge is -2.27. The van der Waals surface area contributed by atoms with Crippen LogP contribution in [0.1, 0.15) is 171 Å². The summed E-state index contributed by atoms with van der Waals surface area (Å²) in [6, 6.07) is 75.5. The number of rotatable bonds is 17. The number of hydrogen-bond acceptors (Lipinski definition) is 14. The molecule has 5 fully saturated rings. The van der Waals surface area contributed by atoms with Crippen LogP contribution in [0.15, 0.2) is 286 Å². The van der Waals surface area contributed by atoms with Gasteiger partial charge in [0.15, 0.2) is 0 Å². The van der Waals surface area contributed by atoms with Crippen molar-refractivity contribution in [2.75, 3.05) is 39.8 Å². The summed E-state index contributed by atoms with van der Waals surface area (Å²) in [5.74, 6) is -5.61. The summed E-state index contributed by atoms with van der Waals surface area (Å²) in [5, 5.41) is 50.8. The maximum absolute atomic E-state index is 15.2. The molecule has 8 unspecified atom stereocenters. The zero-order valence-corrected chi connectivity index (χ0v) is 78.2. The highest BCUT2D eigenvalue weighted by Gasteiger charge is 2.69. The van der Waals surface area contributed by atoms with Gasteiger partial charge >= 0.3 is 23.9 Å². The normalized spacial score (nSPS) is 20.5. The highest BCUT2D eigenvalue weighted by Crippen LogP contribution is 2.70. The number of carboxylic acid groups (broad SMARTS) is 4. The number of nitrogens with one attached hydrogen (secondary N) is 4. The largest absolute Gasteiger partial charge is 0.496 e. The van der Waals surface area contributed by atoms with Crippen molar-refractivity contribution in [3.63, 3.8) is 0 Å². The quantitative estimate of drug-likeness (QED) is 0.0420. The third-order valence-corrected chi connectivity index (χ3v) is 30.2. The number of piperidine rings is 1. The van der Waals surface area contributed by atoms with Crippen molar-refractivity contribution in [1.29, 1.82) is 0 Å². The van der Waals surface area contributed by atoms with E-state index < -0.39 is 57.2 Å². The van der Waals surface area contributed by atoms with Crippen LogP contribution in [0.3, 0.4) is 0 Å². The summed E-state index contributed by atoms with van der Waals surface area (Å²) in [7, 11) is 1.42. The number of amides is 5. The molecule has 0 radical (unpaired) electrons. The van der Waals surface area contributed by atoms with Crippen molar-refractivity contribution in [2.24, 2.45) is 0 Å². The molecular formula is C115H87Cl2F2N9O14. The number of pyridine rings is 4. The van der Waals surface area contributed by atoms with Gasteiger partial charge in [0, 0.05) is 119 Å². The zero-order chi connectivity index (χ0) is 98.9. The smallest absolute Gasteiger partial charge is 0.339 e. The van der Waals surface area contributed by atoms with Gasteiger partial charge in [-0.05, 0) is 286 Å². The van der Waals surface area contributed by atoms with Gasteiger partial charge < -0.3 is 51.3 Å². The van der Waals surface area contributed by atoms with Gasteiger partial charge in [-0.15, -0.1) is 0 Å². The van der Waals surface area contributed by atoms with Gasteiger partial charge in [0.2, 0.25) is 29.5 Å². The van der Waals surface area contributed by atoms with E-state index in [1.807, 2.05) is 163 Å². The molecule has 9 heterocycles. The number of carbonyl (C=O) groups excluding carboxylic acids is 5. The first kappa shape index (κ1) is 91.9. The van der Waals surface area contributed by atoms with Crippen LogP contribution in [0.25, 0.3) is 78.0 Å². The molecule has 8 atom stereocenters. The van der Waals surface area contributed by atoms with Crippen LogP contribution >= 0.6 is 23.2 Å². The average Bonchev–Trinajstić information content (AvgIpc) is 1.53. The Balaban J connectivity index is 0.000000112. The third-order valence-electron chi connectivity index (χ3n) is 29.6. The lowest BCUT2D eigenvalue weighted by molar-refractivity contribution is -0.120. The molecule has 27 heteroatoms. The topological polar surface area (TPSA) is 347 Å². The van der Waals surface area contributed by atoms with Crippen molar-refractivity contribution >= 4 is 105 Å². The lowest BCUT2D eigenvalue weighted by Crippen LogP contribution is -2.35. The number of carbonyl (C=O) groups is 9. The fraction of sp³-hybridized carbons (Fsp3) is 0.174. The SMILES string of the molecule is COc1ccc(C2CC23C(=O)Nc2cc(F)c(-c4ccc(-c5ccncc5)cc4)cc23)cc1C(=O)O.Cc1ccc(C2CC23C(=O)Nc2cc(Cl)c(-c4ccc(-c5ccncc5)cc4)nc23)cc1C(=O)O.Cc1ccc(C2CC23C(=O)Nc2cc(Cl)c(-c4ccc(N5CCCCC5=O)cc4)cc23)cc1C(=O)O.Cc1ccc(C2CC23C(=O)Nc2cc(F)c(-c4ccc(-c5ccncc5)cc4)cc23)cc1C(=O)O. The predicted molar refractivity (Wildman–Crippen MR) is 536 cm³/mol. The molecule has 24 rings (SSSR count). The minimum atomic E-state index is -1.10. The van der Waals surface area contributed by atoms with Gasteiger partial charge in [0.05, 0.1) is 67.2 Å². The van der Waals surface area contributed by atoms with Crippen LogP contribution in [0.4, 0.5) is 37.2 Å². The number of halogens is 4. The number of aromatic carboxylic acids is 4. The van der Waals surface area contributed by atoms with E-state index in [-0.39, 0.29) is 81.2 Å². The minimum absolute atomic E-state index is 0.0461. The first-order chi connectivity index (χ1) is 68.5. The van der Waals surface area contributed by atoms with E-state index in [0.29, 0.717) is 110 Å². The predicted octanol–water partition coefficient (Wildman–Crippen LogP) is 23.3. The number of carboxylic acids is 4. The molecule has 142 heavy (non-hydrogen) atoms. The van der Waals surface area contributed by atoms with Crippen LogP contribution in [0.5, 0.6) is 5.75 Å². The molecule has 8 N–H and O–H groups in total. The molecule has 5 aliphatic heterocycles. The minimum Gasteiger partial charge on any atom is -0.496 e.